The van der Waals surface area contributed by atoms with Crippen LogP contribution in [0.2, 0.25) is 0 Å². The number of sulfonamides is 1. The van der Waals surface area contributed by atoms with E-state index < -0.39 is 15.5 Å². The van der Waals surface area contributed by atoms with Crippen molar-refractivity contribution in [2.75, 3.05) is 39.8 Å². The second-order valence-corrected chi connectivity index (χ2v) is 8.98. The van der Waals surface area contributed by atoms with Gasteiger partial charge in [-0.2, -0.15) is 17.5 Å². The molecular formula is C18H33F3N4O2S. The number of aliphatic imine (C=N–C) groups is 1. The third kappa shape index (κ3) is 7.62. The standard InChI is InChI=1S/C18H33F3N4O2S/c1-4-6-7-8-9-12-24(3)17(22-5-2)23-15-16-10-13-25(14-11-16)28(26,27)18(19,20)21/h4,16H,1,5-15H2,2-3H3,(H,22,23). The lowest BCUT2D eigenvalue weighted by molar-refractivity contribution is -0.0496. The van der Waals surface area contributed by atoms with Crippen LogP contribution >= 0.6 is 0 Å². The average Bonchev–Trinajstić information content (AvgIpc) is 2.64. The number of nitrogens with zero attached hydrogens (tertiary/aromatic N) is 3. The predicted octanol–water partition coefficient (Wildman–Crippen LogP) is 3.19. The molecule has 0 aromatic rings. The number of nitrogens with one attached hydrogen (secondary N) is 1. The Morgan fingerprint density at radius 3 is 2.46 bits per heavy atom. The Bertz CT molecular complexity index is 600. The maximum Gasteiger partial charge on any atom is 0.511 e. The molecule has 10 heteroatoms. The summed E-state index contributed by atoms with van der Waals surface area (Å²) >= 11 is 0. The van der Waals surface area contributed by atoms with Gasteiger partial charge < -0.3 is 10.2 Å². The van der Waals surface area contributed by atoms with Gasteiger partial charge in [0.1, 0.15) is 0 Å². The molecule has 0 amide bonds. The summed E-state index contributed by atoms with van der Waals surface area (Å²) in [5.41, 5.74) is -5.23. The monoisotopic (exact) mass is 426 g/mol. The van der Waals surface area contributed by atoms with E-state index in [1.54, 1.807) is 0 Å². The Morgan fingerprint density at radius 1 is 1.29 bits per heavy atom. The number of hydrogen-bond acceptors (Lipinski definition) is 3. The number of hydrogen-bond donors (Lipinski definition) is 1. The lowest BCUT2D eigenvalue weighted by Gasteiger charge is -2.31. The van der Waals surface area contributed by atoms with Gasteiger partial charge in [0.15, 0.2) is 5.96 Å². The van der Waals surface area contributed by atoms with Gasteiger partial charge in [0, 0.05) is 39.8 Å². The highest BCUT2D eigenvalue weighted by molar-refractivity contribution is 7.90. The van der Waals surface area contributed by atoms with Crippen LogP contribution in [0, 0.1) is 5.92 Å². The fourth-order valence-corrected chi connectivity index (χ4v) is 4.07. The molecule has 28 heavy (non-hydrogen) atoms. The minimum absolute atomic E-state index is 0.0781. The number of rotatable bonds is 10. The molecule has 0 bridgehead atoms. The Balaban J connectivity index is 2.52. The number of unbranched alkanes of at least 4 members (excludes halogenated alkanes) is 3. The van der Waals surface area contributed by atoms with Crippen LogP contribution in [-0.2, 0) is 10.0 Å². The predicted molar refractivity (Wildman–Crippen MR) is 107 cm³/mol. The molecular weight excluding hydrogens is 393 g/mol. The molecule has 6 nitrogen and oxygen atoms in total. The molecule has 0 atom stereocenters. The second-order valence-electron chi connectivity index (χ2n) is 7.05. The van der Waals surface area contributed by atoms with Crippen molar-refractivity contribution in [3.63, 3.8) is 0 Å². The quantitative estimate of drug-likeness (QED) is 0.252. The van der Waals surface area contributed by atoms with Crippen LogP contribution in [-0.4, -0.2) is 68.9 Å². The molecule has 0 radical (unpaired) electrons. The maximum absolute atomic E-state index is 12.6. The van der Waals surface area contributed by atoms with Gasteiger partial charge in [0.05, 0.1) is 0 Å². The van der Waals surface area contributed by atoms with E-state index in [2.05, 4.69) is 21.8 Å². The molecule has 0 aliphatic carbocycles. The molecule has 1 aliphatic rings. The second kappa shape index (κ2) is 11.6. The highest BCUT2D eigenvalue weighted by atomic mass is 32.2. The van der Waals surface area contributed by atoms with Gasteiger partial charge in [-0.25, -0.2) is 8.42 Å². The van der Waals surface area contributed by atoms with Crippen LogP contribution in [0.25, 0.3) is 0 Å². The van der Waals surface area contributed by atoms with Gasteiger partial charge >= 0.3 is 15.5 Å². The number of piperidine rings is 1. The zero-order chi connectivity index (χ0) is 21.2. The summed E-state index contributed by atoms with van der Waals surface area (Å²) in [6.45, 7) is 7.53. The highest BCUT2D eigenvalue weighted by Gasteiger charge is 2.50. The van der Waals surface area contributed by atoms with Crippen molar-refractivity contribution in [1.82, 2.24) is 14.5 Å². The molecule has 0 saturated carbocycles. The zero-order valence-electron chi connectivity index (χ0n) is 16.8. The Kier molecular flexibility index (Phi) is 10.3. The van der Waals surface area contributed by atoms with Crippen molar-refractivity contribution in [3.8, 4) is 0 Å². The highest BCUT2D eigenvalue weighted by Crippen LogP contribution is 2.30. The third-order valence-corrected chi connectivity index (χ3v) is 6.43. The minimum Gasteiger partial charge on any atom is -0.357 e. The normalized spacial score (nSPS) is 17.5. The minimum atomic E-state index is -5.23. The largest absolute Gasteiger partial charge is 0.511 e. The van der Waals surface area contributed by atoms with Crippen molar-refractivity contribution in [3.05, 3.63) is 12.7 Å². The lowest BCUT2D eigenvalue weighted by atomic mass is 9.98. The van der Waals surface area contributed by atoms with Crippen molar-refractivity contribution in [2.45, 2.75) is 51.0 Å². The lowest BCUT2D eigenvalue weighted by Crippen LogP contribution is -2.45. The number of halogens is 3. The van der Waals surface area contributed by atoms with E-state index in [-0.39, 0.29) is 19.0 Å². The van der Waals surface area contributed by atoms with E-state index in [1.165, 1.54) is 0 Å². The van der Waals surface area contributed by atoms with E-state index in [9.17, 15) is 21.6 Å². The summed E-state index contributed by atoms with van der Waals surface area (Å²) in [7, 11) is -3.26. The first-order chi connectivity index (χ1) is 13.1. The number of alkyl halides is 3. The first kappa shape index (κ1) is 24.7. The maximum atomic E-state index is 12.6. The van der Waals surface area contributed by atoms with Gasteiger partial charge in [0.25, 0.3) is 0 Å². The smallest absolute Gasteiger partial charge is 0.357 e. The van der Waals surface area contributed by atoms with E-state index >= 15 is 0 Å². The van der Waals surface area contributed by atoms with E-state index in [0.717, 1.165) is 44.7 Å². The van der Waals surface area contributed by atoms with E-state index in [4.69, 9.17) is 0 Å². The van der Waals surface area contributed by atoms with Crippen LogP contribution in [0.3, 0.4) is 0 Å². The molecule has 1 heterocycles. The van der Waals surface area contributed by atoms with Crippen LogP contribution in [0.5, 0.6) is 0 Å². The fraction of sp³-hybridized carbons (Fsp3) is 0.833. The van der Waals surface area contributed by atoms with Crippen LogP contribution in [0.4, 0.5) is 13.2 Å². The molecule has 0 aromatic carbocycles. The van der Waals surface area contributed by atoms with Crippen LogP contribution in [0.1, 0.15) is 45.4 Å². The number of guanidine groups is 1. The van der Waals surface area contributed by atoms with Gasteiger partial charge in [-0.1, -0.05) is 12.5 Å². The van der Waals surface area contributed by atoms with Crippen molar-refractivity contribution < 1.29 is 21.6 Å². The third-order valence-electron chi connectivity index (χ3n) is 4.80. The molecule has 1 aliphatic heterocycles. The number of allylic oxidation sites excluding steroid dienone is 1. The summed E-state index contributed by atoms with van der Waals surface area (Å²) in [6.07, 6.45) is 6.96. The Morgan fingerprint density at radius 2 is 1.93 bits per heavy atom. The first-order valence-electron chi connectivity index (χ1n) is 9.80. The van der Waals surface area contributed by atoms with Gasteiger partial charge in [0.2, 0.25) is 0 Å². The molecule has 1 fully saturated rings. The van der Waals surface area contributed by atoms with Gasteiger partial charge in [-0.15, -0.1) is 6.58 Å². The topological polar surface area (TPSA) is 65.0 Å². The summed E-state index contributed by atoms with van der Waals surface area (Å²) in [5, 5.41) is 3.23. The molecule has 0 unspecified atom stereocenters. The molecule has 164 valence electrons. The summed E-state index contributed by atoms with van der Waals surface area (Å²) in [5.74, 6) is 0.853. The first-order valence-corrected chi connectivity index (χ1v) is 11.2. The molecule has 1 N–H and O–H groups in total. The molecule has 1 saturated heterocycles. The van der Waals surface area contributed by atoms with Crippen LogP contribution in [0.15, 0.2) is 17.6 Å². The summed E-state index contributed by atoms with van der Waals surface area (Å²) in [4.78, 5) is 6.67. The molecule has 1 rings (SSSR count). The van der Waals surface area contributed by atoms with Crippen LogP contribution < -0.4 is 5.32 Å². The zero-order valence-corrected chi connectivity index (χ0v) is 17.7. The van der Waals surface area contributed by atoms with Crippen molar-refractivity contribution in [2.24, 2.45) is 10.9 Å². The molecule has 0 spiro atoms. The van der Waals surface area contributed by atoms with Crippen molar-refractivity contribution in [1.29, 1.82) is 0 Å². The van der Waals surface area contributed by atoms with E-state index in [1.807, 2.05) is 20.0 Å². The fourth-order valence-electron chi connectivity index (χ4n) is 3.08. The Hall–Kier alpha value is -1.29. The molecule has 0 aromatic heterocycles. The van der Waals surface area contributed by atoms with E-state index in [0.29, 0.717) is 23.7 Å². The SMILES string of the molecule is C=CCCCCCN(C)C(=NCC1CCN(S(=O)(=O)C(F)(F)F)CC1)NCC. The van der Waals surface area contributed by atoms with Gasteiger partial charge in [-0.3, -0.25) is 4.99 Å². The Labute approximate surface area is 166 Å². The summed E-state index contributed by atoms with van der Waals surface area (Å²) in [6, 6.07) is 0. The summed E-state index contributed by atoms with van der Waals surface area (Å²) < 4.78 is 61.4. The average molecular weight is 427 g/mol. The van der Waals surface area contributed by atoms with Crippen molar-refractivity contribution >= 4 is 16.0 Å². The van der Waals surface area contributed by atoms with Gasteiger partial charge in [-0.05, 0) is 44.9 Å².